The number of nitrogens with one attached hydrogen (secondary N) is 1. The van der Waals surface area contributed by atoms with E-state index in [0.717, 1.165) is 38.8 Å². The molecule has 0 saturated heterocycles. The Hall–Kier alpha value is -8.36. The molecule has 9 aromatic carbocycles. The topological polar surface area (TPSA) is 78.6 Å². The lowest BCUT2D eigenvalue weighted by Gasteiger charge is -2.29. The quantitative estimate of drug-likeness (QED) is 0.129. The highest BCUT2D eigenvalue weighted by Gasteiger charge is 2.37. The van der Waals surface area contributed by atoms with Gasteiger partial charge in [0.05, 0.1) is 12.1 Å². The van der Waals surface area contributed by atoms with Crippen molar-refractivity contribution in [1.29, 1.82) is 5.41 Å². The van der Waals surface area contributed by atoms with E-state index < -0.39 is 0 Å². The third kappa shape index (κ3) is 8.07. The normalized spacial score (nSPS) is 15.1. The number of furan rings is 1. The van der Waals surface area contributed by atoms with Gasteiger partial charge < -0.3 is 15.1 Å². The Bertz CT molecular complexity index is 4120. The largest absolute Gasteiger partial charge is 0.456 e. The van der Waals surface area contributed by atoms with Crippen LogP contribution in [0.3, 0.4) is 0 Å². The molecule has 0 radical (unpaired) electrons. The van der Waals surface area contributed by atoms with Crippen LogP contribution in [0.1, 0.15) is 41.1 Å². The minimum absolute atomic E-state index is 0.00816. The minimum Gasteiger partial charge on any atom is -0.456 e. The lowest BCUT2D eigenvalue weighted by atomic mass is 9.91. The highest BCUT2D eigenvalue weighted by Crippen LogP contribution is 2.48. The smallest absolute Gasteiger partial charge is 0.135 e. The second-order valence-corrected chi connectivity index (χ2v) is 20.7. The molecule has 2 aliphatic rings. The second kappa shape index (κ2) is 18.8. The molecular weight excluding hydrogens is 917 g/mol. The van der Waals surface area contributed by atoms with Gasteiger partial charge in [0, 0.05) is 74.0 Å². The van der Waals surface area contributed by atoms with E-state index in [2.05, 4.69) is 200 Å². The molecular formula is C65H50N4OS2. The van der Waals surface area contributed by atoms with Crippen molar-refractivity contribution in [2.45, 2.75) is 31.8 Å². The molecule has 1 aliphatic heterocycles. The van der Waals surface area contributed by atoms with E-state index in [-0.39, 0.29) is 17.9 Å². The summed E-state index contributed by atoms with van der Waals surface area (Å²) in [6.45, 7) is 7.96. The fraction of sp³-hybridized carbons (Fsp3) is 0.0769. The number of nitrogen functional groups attached to an aromatic ring is 1. The molecule has 5 nitrogen and oxygen atoms in total. The predicted molar refractivity (Wildman–Crippen MR) is 310 cm³/mol. The SMILES string of the molecule is C=NC(C)c1cccc2oc3ccc(-c4cccc5sc6cc(-c7ccc8c(c7)sc7ccccc78)ccc6c45)cc3c12.Cc1ccccc1.N=C(N)c1cccc(N2c3ccccc3C3C=CC=CC32)c1. The monoisotopic (exact) mass is 966 g/mol. The standard InChI is InChI=1S/C39H25NOS2.C19H17N3.C7H8/c1-22(40-2)26-8-5-10-33-38(26)31-19-25(15-18-32(31)41-33)27-9-6-12-35-39(27)30-17-14-24(21-37(30)43-35)23-13-16-29-28-7-3-4-11-34(28)42-36(29)20-23;20-19(21)13-6-5-7-14(12-13)22-17-10-3-1-8-15(17)16-9-2-4-11-18(16)22;1-7-5-3-2-4-6-7/h3-22H,2H2,1H3;1-12,15,17H,(H3,20,21);2-6H,1H3. The van der Waals surface area contributed by atoms with Crippen molar-refractivity contribution in [1.82, 2.24) is 0 Å². The first-order valence-electron chi connectivity index (χ1n) is 24.3. The van der Waals surface area contributed by atoms with Crippen molar-refractivity contribution in [3.8, 4) is 22.3 Å². The number of aryl methyl sites for hydroxylation is 1. The molecule has 12 aromatic rings. The highest BCUT2D eigenvalue weighted by atomic mass is 32.1. The van der Waals surface area contributed by atoms with Gasteiger partial charge in [0.15, 0.2) is 0 Å². The summed E-state index contributed by atoms with van der Waals surface area (Å²) in [4.78, 5) is 6.65. The molecule has 0 bridgehead atoms. The number of nitrogens with two attached hydrogens (primary N) is 1. The van der Waals surface area contributed by atoms with Crippen LogP contribution >= 0.6 is 22.7 Å². The lowest BCUT2D eigenvalue weighted by Crippen LogP contribution is -2.28. The van der Waals surface area contributed by atoms with Gasteiger partial charge in [-0.15, -0.1) is 22.7 Å². The van der Waals surface area contributed by atoms with Crippen molar-refractivity contribution in [2.24, 2.45) is 10.7 Å². The number of allylic oxidation sites excluding steroid dienone is 2. The average molecular weight is 967 g/mol. The van der Waals surface area contributed by atoms with Crippen molar-refractivity contribution >= 4 is 109 Å². The number of para-hydroxylation sites is 1. The molecule has 3 atom stereocenters. The van der Waals surface area contributed by atoms with Gasteiger partial charge in [0.2, 0.25) is 0 Å². The Morgan fingerprint density at radius 3 is 2.08 bits per heavy atom. The van der Waals surface area contributed by atoms with Crippen LogP contribution in [0, 0.1) is 12.3 Å². The van der Waals surface area contributed by atoms with E-state index >= 15 is 0 Å². The Kier molecular flexibility index (Phi) is 11.7. The molecule has 0 saturated carbocycles. The van der Waals surface area contributed by atoms with E-state index in [9.17, 15) is 0 Å². The van der Waals surface area contributed by atoms with Gasteiger partial charge in [-0.05, 0) is 115 Å². The Balaban J connectivity index is 0.000000151. The number of aliphatic imine (C=N–C) groups is 1. The van der Waals surface area contributed by atoms with Gasteiger partial charge in [-0.2, -0.15) is 0 Å². The maximum absolute atomic E-state index is 7.66. The molecule has 3 unspecified atom stereocenters. The van der Waals surface area contributed by atoms with E-state index in [1.54, 1.807) is 0 Å². The highest BCUT2D eigenvalue weighted by molar-refractivity contribution is 7.26. The van der Waals surface area contributed by atoms with Gasteiger partial charge in [0.1, 0.15) is 17.0 Å². The van der Waals surface area contributed by atoms with Crippen LogP contribution in [0.2, 0.25) is 0 Å². The number of anilines is 2. The third-order valence-corrected chi connectivity index (χ3v) is 16.4. The first kappa shape index (κ1) is 44.8. The molecule has 72 heavy (non-hydrogen) atoms. The van der Waals surface area contributed by atoms with Crippen LogP contribution in [0.5, 0.6) is 0 Å². The zero-order valence-electron chi connectivity index (χ0n) is 39.9. The Morgan fingerprint density at radius 1 is 0.597 bits per heavy atom. The summed E-state index contributed by atoms with van der Waals surface area (Å²) < 4.78 is 11.5. The molecule has 14 rings (SSSR count). The van der Waals surface area contributed by atoms with Crippen molar-refractivity contribution < 1.29 is 4.42 Å². The van der Waals surface area contributed by atoms with Crippen LogP contribution in [0.25, 0.3) is 84.5 Å². The van der Waals surface area contributed by atoms with Crippen LogP contribution in [-0.4, -0.2) is 18.6 Å². The number of thiophene rings is 2. The number of fused-ring (bicyclic) bond motifs is 12. The third-order valence-electron chi connectivity index (χ3n) is 14.1. The van der Waals surface area contributed by atoms with Crippen LogP contribution in [-0.2, 0) is 0 Å². The first-order chi connectivity index (χ1) is 35.3. The van der Waals surface area contributed by atoms with Gasteiger partial charge in [0.25, 0.3) is 0 Å². The molecule has 348 valence electrons. The first-order valence-corrected chi connectivity index (χ1v) is 25.9. The van der Waals surface area contributed by atoms with Gasteiger partial charge in [-0.25, -0.2) is 0 Å². The van der Waals surface area contributed by atoms with Gasteiger partial charge in [-0.1, -0.05) is 163 Å². The number of nitrogens with zero attached hydrogens (tertiary/aromatic N) is 2. The van der Waals surface area contributed by atoms with E-state index in [4.69, 9.17) is 15.6 Å². The summed E-state index contributed by atoms with van der Waals surface area (Å²) in [6, 6.07) is 69.0. The van der Waals surface area contributed by atoms with Gasteiger partial charge >= 0.3 is 0 Å². The van der Waals surface area contributed by atoms with Crippen molar-refractivity contribution in [3.63, 3.8) is 0 Å². The molecule has 0 spiro atoms. The molecule has 0 fully saturated rings. The molecule has 1 aliphatic carbocycles. The predicted octanol–water partition coefficient (Wildman–Crippen LogP) is 18.1. The number of hydrogen-bond donors (Lipinski definition) is 2. The van der Waals surface area contributed by atoms with Crippen molar-refractivity contribution in [3.05, 3.63) is 241 Å². The van der Waals surface area contributed by atoms with Crippen LogP contribution in [0.15, 0.2) is 228 Å². The van der Waals surface area contributed by atoms with Gasteiger partial charge in [-0.3, -0.25) is 10.4 Å². The number of rotatable bonds is 6. The molecule has 0 amide bonds. The summed E-state index contributed by atoms with van der Waals surface area (Å²) in [5, 5.41) is 15.2. The summed E-state index contributed by atoms with van der Waals surface area (Å²) in [5.74, 6) is 0.479. The Morgan fingerprint density at radius 2 is 1.28 bits per heavy atom. The summed E-state index contributed by atoms with van der Waals surface area (Å²) in [5.41, 5.74) is 19.3. The number of amidine groups is 1. The molecule has 4 heterocycles. The molecule has 7 heteroatoms. The van der Waals surface area contributed by atoms with Crippen LogP contribution in [0.4, 0.5) is 11.4 Å². The van der Waals surface area contributed by atoms with E-state index in [1.807, 2.05) is 71.2 Å². The van der Waals surface area contributed by atoms with Crippen LogP contribution < -0.4 is 10.6 Å². The zero-order chi connectivity index (χ0) is 48.9. The average Bonchev–Trinajstić information content (AvgIpc) is 4.19. The van der Waals surface area contributed by atoms with E-state index in [0.29, 0.717) is 5.92 Å². The molecule has 3 aromatic heterocycles. The fourth-order valence-corrected chi connectivity index (χ4v) is 12.9. The molecule has 3 N–H and O–H groups in total. The number of benzene rings is 9. The van der Waals surface area contributed by atoms with E-state index in [1.165, 1.54) is 79.4 Å². The maximum Gasteiger partial charge on any atom is 0.135 e. The summed E-state index contributed by atoms with van der Waals surface area (Å²) in [6.07, 6.45) is 8.73. The lowest BCUT2D eigenvalue weighted by molar-refractivity contribution is 0.668. The zero-order valence-corrected chi connectivity index (χ0v) is 41.6. The fourth-order valence-electron chi connectivity index (χ4n) is 10.6. The summed E-state index contributed by atoms with van der Waals surface area (Å²) >= 11 is 3.74. The Labute approximate surface area is 426 Å². The second-order valence-electron chi connectivity index (χ2n) is 18.5. The maximum atomic E-state index is 7.66. The minimum atomic E-state index is -0.00816. The number of hydrogen-bond acceptors (Lipinski definition) is 6. The van der Waals surface area contributed by atoms with Crippen molar-refractivity contribution in [2.75, 3.05) is 4.90 Å². The summed E-state index contributed by atoms with van der Waals surface area (Å²) in [7, 11) is 0.